The molecule has 6 nitrogen and oxygen atoms in total. The van der Waals surface area contributed by atoms with Crippen molar-refractivity contribution in [3.8, 4) is 0 Å². The van der Waals surface area contributed by atoms with Crippen LogP contribution < -0.4 is 20.4 Å². The molecule has 42 heavy (non-hydrogen) atoms. The monoisotopic (exact) mass is 558 g/mol. The van der Waals surface area contributed by atoms with Crippen molar-refractivity contribution in [1.82, 2.24) is 10.6 Å². The topological polar surface area (TPSA) is 64.7 Å². The van der Waals surface area contributed by atoms with E-state index >= 15 is 0 Å². The van der Waals surface area contributed by atoms with Gasteiger partial charge in [-0.25, -0.2) is 0 Å². The van der Waals surface area contributed by atoms with Crippen LogP contribution in [0.15, 0.2) is 84.9 Å². The van der Waals surface area contributed by atoms with Gasteiger partial charge in [0.15, 0.2) is 0 Å². The van der Waals surface area contributed by atoms with Gasteiger partial charge >= 0.3 is 0 Å². The fourth-order valence-corrected chi connectivity index (χ4v) is 7.79. The number of nitrogens with one attached hydrogen (secondary N) is 2. The number of carbonyl (C=O) groups excluding carboxylic acids is 2. The van der Waals surface area contributed by atoms with Gasteiger partial charge in [0.25, 0.3) is 0 Å². The zero-order valence-electron chi connectivity index (χ0n) is 24.8. The lowest BCUT2D eigenvalue weighted by atomic mass is 9.74. The van der Waals surface area contributed by atoms with Gasteiger partial charge in [0.1, 0.15) is 11.3 Å². The second kappa shape index (κ2) is 9.09. The minimum Gasteiger partial charge on any atom is -0.344 e. The molecule has 0 radical (unpaired) electrons. The van der Waals surface area contributed by atoms with Gasteiger partial charge in [0.2, 0.25) is 11.8 Å². The third kappa shape index (κ3) is 3.57. The van der Waals surface area contributed by atoms with E-state index in [-0.39, 0.29) is 22.6 Å². The van der Waals surface area contributed by atoms with Crippen molar-refractivity contribution in [2.75, 3.05) is 22.9 Å². The van der Waals surface area contributed by atoms with Crippen LogP contribution >= 0.6 is 0 Å². The van der Waals surface area contributed by atoms with Gasteiger partial charge in [-0.05, 0) is 46.5 Å². The highest BCUT2D eigenvalue weighted by Crippen LogP contribution is 2.53. The van der Waals surface area contributed by atoms with Crippen LogP contribution in [0.1, 0.15) is 62.8 Å². The summed E-state index contributed by atoms with van der Waals surface area (Å²) in [6.07, 6.45) is 9.56. The average Bonchev–Trinajstić information content (AvgIpc) is 3.30. The Kier molecular flexibility index (Phi) is 5.75. The maximum Gasteiger partial charge on any atom is 0.223 e. The van der Waals surface area contributed by atoms with Crippen LogP contribution in [-0.2, 0) is 20.4 Å². The maximum atomic E-state index is 12.7. The molecule has 2 atom stereocenters. The number of para-hydroxylation sites is 2. The Morgan fingerprint density at radius 2 is 0.976 bits per heavy atom. The normalized spacial score (nSPS) is 27.0. The Morgan fingerprint density at radius 1 is 0.595 bits per heavy atom. The highest BCUT2D eigenvalue weighted by molar-refractivity contribution is 5.86. The van der Waals surface area contributed by atoms with Crippen LogP contribution in [0.4, 0.5) is 11.4 Å². The van der Waals surface area contributed by atoms with Crippen LogP contribution in [0.25, 0.3) is 12.2 Å². The number of carbonyl (C=O) groups is 2. The van der Waals surface area contributed by atoms with Crippen molar-refractivity contribution in [1.29, 1.82) is 0 Å². The molecule has 7 rings (SSSR count). The third-order valence-electron chi connectivity index (χ3n) is 10.2. The fourth-order valence-electron chi connectivity index (χ4n) is 7.79. The van der Waals surface area contributed by atoms with E-state index in [2.05, 4.69) is 145 Å². The van der Waals surface area contributed by atoms with Crippen molar-refractivity contribution in [3.05, 3.63) is 107 Å². The van der Waals surface area contributed by atoms with E-state index in [0.29, 0.717) is 25.9 Å². The number of amides is 2. The highest BCUT2D eigenvalue weighted by atomic mass is 16.2. The molecule has 0 unspecified atom stereocenters. The zero-order valence-corrected chi connectivity index (χ0v) is 24.8. The largest absolute Gasteiger partial charge is 0.344 e. The number of benzene rings is 3. The number of rotatable bonds is 4. The summed E-state index contributed by atoms with van der Waals surface area (Å²) >= 11 is 0. The van der Waals surface area contributed by atoms with Gasteiger partial charge in [0.05, 0.1) is 0 Å². The molecule has 6 heteroatoms. The smallest absolute Gasteiger partial charge is 0.223 e. The molecule has 4 aliphatic heterocycles. The van der Waals surface area contributed by atoms with Crippen LogP contribution in [0.2, 0.25) is 0 Å². The Bertz CT molecular complexity index is 1530. The Labute approximate surface area is 248 Å². The number of hydrogen-bond acceptors (Lipinski definition) is 4. The molecule has 2 saturated heterocycles. The van der Waals surface area contributed by atoms with Crippen molar-refractivity contribution in [2.24, 2.45) is 0 Å². The fraction of sp³-hybridized carbons (Fsp3) is 0.333. The molecule has 2 fully saturated rings. The summed E-state index contributed by atoms with van der Waals surface area (Å²) in [6, 6.07) is 25.4. The number of anilines is 2. The molecule has 0 saturated carbocycles. The first kappa shape index (κ1) is 26.6. The molecule has 3 aromatic rings. The minimum atomic E-state index is -0.630. The van der Waals surface area contributed by atoms with E-state index in [1.807, 2.05) is 0 Å². The molecule has 0 bridgehead atoms. The average molecular weight is 559 g/mol. The first-order valence-electron chi connectivity index (χ1n) is 14.9. The van der Waals surface area contributed by atoms with Crippen LogP contribution in [0.3, 0.4) is 0 Å². The molecule has 0 aliphatic carbocycles. The number of nitrogens with zero attached hydrogens (tertiary/aromatic N) is 2. The molecule has 4 aliphatic rings. The van der Waals surface area contributed by atoms with E-state index in [1.54, 1.807) is 0 Å². The Morgan fingerprint density at radius 3 is 1.38 bits per heavy atom. The van der Waals surface area contributed by atoms with Crippen molar-refractivity contribution in [2.45, 2.75) is 62.7 Å². The second-order valence-corrected chi connectivity index (χ2v) is 13.1. The summed E-state index contributed by atoms with van der Waals surface area (Å²) in [5.41, 5.74) is 5.13. The number of hydrogen-bond donors (Lipinski definition) is 2. The van der Waals surface area contributed by atoms with Gasteiger partial charge in [-0.3, -0.25) is 9.59 Å². The maximum absolute atomic E-state index is 12.7. The molecule has 0 spiro atoms. The summed E-state index contributed by atoms with van der Waals surface area (Å²) in [5.74, 6) is 0.162. The van der Waals surface area contributed by atoms with Crippen molar-refractivity contribution >= 4 is 35.3 Å². The number of fused-ring (bicyclic) bond motifs is 6. The summed E-state index contributed by atoms with van der Waals surface area (Å²) in [6.45, 7) is 10.2. The van der Waals surface area contributed by atoms with E-state index in [0.717, 1.165) is 11.1 Å². The standard InChI is InChI=1S/C36H38N4O2/c1-33(2)27-9-5-7-11-29(27)39-23-19-31(41)37-35(33,39)21-17-25-13-15-26(16-14-25)18-22-36-34(3,4)28-10-6-8-12-30(28)40(36)24-20-32(42)38-36/h5-18,21-22H,19-20,23-24H2,1-4H3,(H,37,41)(H,38,42)/b21-17+,22-18+/t35-,36-/m0/s1. The van der Waals surface area contributed by atoms with Gasteiger partial charge in [0, 0.05) is 48.1 Å². The molecule has 3 aromatic carbocycles. The first-order valence-corrected chi connectivity index (χ1v) is 14.9. The van der Waals surface area contributed by atoms with Gasteiger partial charge in [-0.2, -0.15) is 0 Å². The summed E-state index contributed by atoms with van der Waals surface area (Å²) in [4.78, 5) is 30.1. The second-order valence-electron chi connectivity index (χ2n) is 13.1. The molecular weight excluding hydrogens is 520 g/mol. The molecule has 214 valence electrons. The lowest BCUT2D eigenvalue weighted by Crippen LogP contribution is -2.68. The van der Waals surface area contributed by atoms with Gasteiger partial charge in [-0.15, -0.1) is 0 Å². The minimum absolute atomic E-state index is 0.0810. The van der Waals surface area contributed by atoms with E-state index in [1.165, 1.54) is 22.5 Å². The summed E-state index contributed by atoms with van der Waals surface area (Å²) in [7, 11) is 0. The first-order chi connectivity index (χ1) is 20.1. The van der Waals surface area contributed by atoms with Crippen LogP contribution in [-0.4, -0.2) is 36.2 Å². The highest BCUT2D eigenvalue weighted by Gasteiger charge is 2.59. The zero-order chi connectivity index (χ0) is 29.3. The van der Waals surface area contributed by atoms with Crippen molar-refractivity contribution < 1.29 is 9.59 Å². The third-order valence-corrected chi connectivity index (χ3v) is 10.2. The van der Waals surface area contributed by atoms with E-state index < -0.39 is 11.3 Å². The van der Waals surface area contributed by atoms with E-state index in [4.69, 9.17) is 0 Å². The molecule has 2 amide bonds. The van der Waals surface area contributed by atoms with Gasteiger partial charge < -0.3 is 20.4 Å². The lowest BCUT2D eigenvalue weighted by molar-refractivity contribution is -0.125. The quantitative estimate of drug-likeness (QED) is 0.429. The lowest BCUT2D eigenvalue weighted by Gasteiger charge is -2.49. The van der Waals surface area contributed by atoms with Gasteiger partial charge in [-0.1, -0.05) is 101 Å². The molecule has 0 aromatic heterocycles. The Balaban J connectivity index is 1.18. The summed E-state index contributed by atoms with van der Waals surface area (Å²) in [5, 5.41) is 6.71. The SMILES string of the molecule is CC1(C)c2ccccc2N2CCC(=O)N[C@@]21/C=C/c1ccc(/C=C/[C@]23NC(=O)CCN2c2ccccc2C3(C)C)cc1. The molecular formula is C36H38N4O2. The van der Waals surface area contributed by atoms with Crippen LogP contribution in [0, 0.1) is 0 Å². The summed E-state index contributed by atoms with van der Waals surface area (Å²) < 4.78 is 0. The predicted octanol–water partition coefficient (Wildman–Crippen LogP) is 5.74. The van der Waals surface area contributed by atoms with Crippen molar-refractivity contribution in [3.63, 3.8) is 0 Å². The predicted molar refractivity (Wildman–Crippen MR) is 169 cm³/mol. The van der Waals surface area contributed by atoms with Crippen LogP contribution in [0.5, 0.6) is 0 Å². The molecule has 2 N–H and O–H groups in total. The Hall–Kier alpha value is -4.32. The van der Waals surface area contributed by atoms with E-state index in [9.17, 15) is 9.59 Å². The molecule has 4 heterocycles.